The lowest BCUT2D eigenvalue weighted by molar-refractivity contribution is -0.117. The maximum absolute atomic E-state index is 13.4. The molecule has 1 unspecified atom stereocenters. The third kappa shape index (κ3) is 4.03. The Bertz CT molecular complexity index is 477. The lowest BCUT2D eigenvalue weighted by Crippen LogP contribution is -2.35. The molecule has 0 saturated carbocycles. The number of benzene rings is 1. The summed E-state index contributed by atoms with van der Waals surface area (Å²) in [6.07, 6.45) is 1.34. The molecule has 0 aliphatic heterocycles. The summed E-state index contributed by atoms with van der Waals surface area (Å²) in [4.78, 5) is 23.0. The molecular formula is C13H17FN2O3. The van der Waals surface area contributed by atoms with Crippen molar-refractivity contribution in [3.05, 3.63) is 29.6 Å². The van der Waals surface area contributed by atoms with E-state index in [4.69, 9.17) is 5.73 Å². The fourth-order valence-electron chi connectivity index (χ4n) is 1.55. The molecule has 0 bridgehead atoms. The van der Waals surface area contributed by atoms with Crippen LogP contribution in [0.1, 0.15) is 30.1 Å². The van der Waals surface area contributed by atoms with E-state index in [0.717, 1.165) is 19.6 Å². The minimum atomic E-state index is -0.800. The highest BCUT2D eigenvalue weighted by Gasteiger charge is 2.16. The molecule has 1 atom stereocenters. The fraction of sp³-hybridized carbons (Fsp3) is 0.385. The summed E-state index contributed by atoms with van der Waals surface area (Å²) < 4.78 is 17.8. The molecule has 6 heteroatoms. The number of carbonyl (C=O) groups excluding carboxylic acids is 2. The van der Waals surface area contributed by atoms with Crippen LogP contribution in [0.2, 0.25) is 0 Å². The fourth-order valence-corrected chi connectivity index (χ4v) is 1.55. The van der Waals surface area contributed by atoms with Crippen molar-refractivity contribution in [3.63, 3.8) is 0 Å². The number of hydrogen-bond donors (Lipinski definition) is 2. The lowest BCUT2D eigenvalue weighted by Gasteiger charge is -2.12. The summed E-state index contributed by atoms with van der Waals surface area (Å²) in [7, 11) is 1.16. The maximum Gasteiger partial charge on any atom is 0.340 e. The van der Waals surface area contributed by atoms with Crippen molar-refractivity contribution in [1.82, 2.24) is 0 Å². The average Bonchev–Trinajstić information content (AvgIpc) is 2.40. The molecule has 0 saturated heterocycles. The number of rotatable bonds is 5. The van der Waals surface area contributed by atoms with Gasteiger partial charge in [-0.2, -0.15) is 0 Å². The van der Waals surface area contributed by atoms with Crippen LogP contribution in [0.15, 0.2) is 18.2 Å². The predicted octanol–water partition coefficient (Wildman–Crippen LogP) is 1.68. The van der Waals surface area contributed by atoms with Gasteiger partial charge in [-0.1, -0.05) is 13.3 Å². The van der Waals surface area contributed by atoms with E-state index in [1.165, 1.54) is 12.1 Å². The first-order chi connectivity index (χ1) is 8.99. The first kappa shape index (κ1) is 15.1. The van der Waals surface area contributed by atoms with Gasteiger partial charge in [0, 0.05) is 5.69 Å². The van der Waals surface area contributed by atoms with E-state index in [-0.39, 0.29) is 11.5 Å². The van der Waals surface area contributed by atoms with Crippen molar-refractivity contribution in [2.75, 3.05) is 12.4 Å². The molecule has 104 valence electrons. The summed E-state index contributed by atoms with van der Waals surface area (Å²) in [6, 6.07) is 3.04. The van der Waals surface area contributed by atoms with Crippen molar-refractivity contribution in [1.29, 1.82) is 0 Å². The van der Waals surface area contributed by atoms with Crippen LogP contribution >= 0.6 is 0 Å². The van der Waals surface area contributed by atoms with E-state index in [2.05, 4.69) is 10.1 Å². The van der Waals surface area contributed by atoms with Gasteiger partial charge in [0.15, 0.2) is 0 Å². The standard InChI is InChI=1S/C13H17FN2O3/c1-3-4-11(15)12(17)16-8-5-6-10(14)9(7-8)13(18)19-2/h5-7,11H,3-4,15H2,1-2H3,(H,16,17). The minimum absolute atomic E-state index is 0.232. The van der Waals surface area contributed by atoms with Crippen LogP contribution in [0, 0.1) is 5.82 Å². The highest BCUT2D eigenvalue weighted by molar-refractivity contribution is 5.96. The number of anilines is 1. The van der Waals surface area contributed by atoms with E-state index in [0.29, 0.717) is 12.1 Å². The van der Waals surface area contributed by atoms with E-state index in [9.17, 15) is 14.0 Å². The Hall–Kier alpha value is -1.95. The topological polar surface area (TPSA) is 81.4 Å². The largest absolute Gasteiger partial charge is 0.465 e. The van der Waals surface area contributed by atoms with Crippen LogP contribution in [-0.2, 0) is 9.53 Å². The number of esters is 1. The normalized spacial score (nSPS) is 11.8. The van der Waals surface area contributed by atoms with Gasteiger partial charge in [0.2, 0.25) is 5.91 Å². The van der Waals surface area contributed by atoms with Crippen molar-refractivity contribution < 1.29 is 18.7 Å². The third-order valence-corrected chi connectivity index (χ3v) is 2.58. The van der Waals surface area contributed by atoms with Gasteiger partial charge in [-0.15, -0.1) is 0 Å². The van der Waals surface area contributed by atoms with Gasteiger partial charge in [-0.3, -0.25) is 4.79 Å². The highest BCUT2D eigenvalue weighted by Crippen LogP contribution is 2.16. The second kappa shape index (κ2) is 6.84. The minimum Gasteiger partial charge on any atom is -0.465 e. The number of amides is 1. The summed E-state index contributed by atoms with van der Waals surface area (Å²) >= 11 is 0. The molecule has 0 aliphatic carbocycles. The second-order valence-electron chi connectivity index (χ2n) is 4.07. The van der Waals surface area contributed by atoms with Crippen LogP contribution < -0.4 is 11.1 Å². The Morgan fingerprint density at radius 2 is 2.16 bits per heavy atom. The van der Waals surface area contributed by atoms with Gasteiger partial charge in [0.25, 0.3) is 0 Å². The molecule has 3 N–H and O–H groups in total. The van der Waals surface area contributed by atoms with Gasteiger partial charge < -0.3 is 15.8 Å². The summed E-state index contributed by atoms with van der Waals surface area (Å²) in [6.45, 7) is 1.92. The van der Waals surface area contributed by atoms with E-state index in [1.807, 2.05) is 6.92 Å². The lowest BCUT2D eigenvalue weighted by atomic mass is 10.1. The molecule has 0 radical (unpaired) electrons. The van der Waals surface area contributed by atoms with Crippen molar-refractivity contribution >= 4 is 17.6 Å². The molecule has 1 aromatic carbocycles. The summed E-state index contributed by atoms with van der Waals surface area (Å²) in [5, 5.41) is 2.53. The first-order valence-corrected chi connectivity index (χ1v) is 5.94. The molecule has 19 heavy (non-hydrogen) atoms. The zero-order valence-corrected chi connectivity index (χ0v) is 10.9. The van der Waals surface area contributed by atoms with Crippen LogP contribution in [0.25, 0.3) is 0 Å². The Labute approximate surface area is 110 Å². The predicted molar refractivity (Wildman–Crippen MR) is 69.3 cm³/mol. The number of halogens is 1. The van der Waals surface area contributed by atoms with Crippen molar-refractivity contribution in [2.45, 2.75) is 25.8 Å². The van der Waals surface area contributed by atoms with Gasteiger partial charge in [-0.05, 0) is 24.6 Å². The third-order valence-electron chi connectivity index (χ3n) is 2.58. The SMILES string of the molecule is CCCC(N)C(=O)Nc1ccc(F)c(C(=O)OC)c1. The monoisotopic (exact) mass is 268 g/mol. The molecule has 0 aromatic heterocycles. The molecule has 0 fully saturated rings. The molecule has 1 aromatic rings. The number of ether oxygens (including phenoxy) is 1. The van der Waals surface area contributed by atoms with Gasteiger partial charge in [0.05, 0.1) is 18.7 Å². The summed E-state index contributed by atoms with van der Waals surface area (Å²) in [5.41, 5.74) is 5.72. The van der Waals surface area contributed by atoms with Crippen molar-refractivity contribution in [3.8, 4) is 0 Å². The van der Waals surface area contributed by atoms with Gasteiger partial charge >= 0.3 is 5.97 Å². The van der Waals surface area contributed by atoms with Crippen LogP contribution in [-0.4, -0.2) is 25.0 Å². The number of nitrogens with two attached hydrogens (primary N) is 1. The molecule has 1 rings (SSSR count). The molecular weight excluding hydrogens is 251 g/mol. The quantitative estimate of drug-likeness (QED) is 0.796. The van der Waals surface area contributed by atoms with Gasteiger partial charge in [0.1, 0.15) is 5.82 Å². The number of nitrogens with one attached hydrogen (secondary N) is 1. The van der Waals surface area contributed by atoms with Crippen LogP contribution in [0.5, 0.6) is 0 Å². The average molecular weight is 268 g/mol. The van der Waals surface area contributed by atoms with E-state index >= 15 is 0 Å². The first-order valence-electron chi connectivity index (χ1n) is 5.94. The van der Waals surface area contributed by atoms with Crippen LogP contribution in [0.3, 0.4) is 0 Å². The van der Waals surface area contributed by atoms with Crippen molar-refractivity contribution in [2.24, 2.45) is 5.73 Å². The number of carbonyl (C=O) groups is 2. The Morgan fingerprint density at radius 1 is 1.47 bits per heavy atom. The van der Waals surface area contributed by atoms with Crippen LogP contribution in [0.4, 0.5) is 10.1 Å². The molecule has 0 spiro atoms. The molecule has 0 heterocycles. The highest BCUT2D eigenvalue weighted by atomic mass is 19.1. The Balaban J connectivity index is 2.85. The molecule has 5 nitrogen and oxygen atoms in total. The summed E-state index contributed by atoms with van der Waals surface area (Å²) in [5.74, 6) is -1.88. The number of hydrogen-bond acceptors (Lipinski definition) is 4. The number of methoxy groups -OCH3 is 1. The maximum atomic E-state index is 13.4. The Morgan fingerprint density at radius 3 is 2.74 bits per heavy atom. The molecule has 1 amide bonds. The van der Waals surface area contributed by atoms with E-state index < -0.39 is 17.8 Å². The Kier molecular flexibility index (Phi) is 5.44. The zero-order valence-electron chi connectivity index (χ0n) is 10.9. The second-order valence-corrected chi connectivity index (χ2v) is 4.07. The van der Waals surface area contributed by atoms with E-state index in [1.54, 1.807) is 0 Å². The molecule has 0 aliphatic rings. The smallest absolute Gasteiger partial charge is 0.340 e. The zero-order chi connectivity index (χ0) is 14.4. The van der Waals surface area contributed by atoms with Gasteiger partial charge in [-0.25, -0.2) is 9.18 Å².